The Morgan fingerprint density at radius 2 is 1.94 bits per heavy atom. The monoisotopic (exact) mass is 446 g/mol. The largest absolute Gasteiger partial charge is 0.440 e. The molecule has 0 aliphatic carbocycles. The minimum absolute atomic E-state index is 0.100. The number of ether oxygens (including phenoxy) is 1. The zero-order valence-electron chi connectivity index (χ0n) is 19.3. The first-order valence-electron chi connectivity index (χ1n) is 11.8. The first-order valence-corrected chi connectivity index (χ1v) is 11.8. The van der Waals surface area contributed by atoms with Crippen LogP contribution < -0.4 is 4.90 Å². The zero-order valence-corrected chi connectivity index (χ0v) is 19.3. The predicted molar refractivity (Wildman–Crippen MR) is 126 cm³/mol. The number of nitrogens with zero attached hydrogens (tertiary/aromatic N) is 6. The normalized spacial score (nSPS) is 22.7. The van der Waals surface area contributed by atoms with Crippen LogP contribution in [0.5, 0.6) is 0 Å². The number of hydrogen-bond acceptors (Lipinski definition) is 6. The van der Waals surface area contributed by atoms with Crippen molar-refractivity contribution in [2.24, 2.45) is 7.05 Å². The van der Waals surface area contributed by atoms with Gasteiger partial charge in [0.05, 0.1) is 6.04 Å². The second-order valence-electron chi connectivity index (χ2n) is 9.61. The van der Waals surface area contributed by atoms with Gasteiger partial charge in [-0.2, -0.15) is 0 Å². The van der Waals surface area contributed by atoms with Gasteiger partial charge in [0.25, 0.3) is 0 Å². The van der Waals surface area contributed by atoms with Gasteiger partial charge in [-0.1, -0.05) is 18.2 Å². The van der Waals surface area contributed by atoms with Gasteiger partial charge in [0.15, 0.2) is 0 Å². The summed E-state index contributed by atoms with van der Waals surface area (Å²) in [5, 5.41) is 1.31. The molecule has 0 N–H and O–H groups in total. The number of carbonyl (C=O) groups excluding carboxylic acids is 1. The maximum Gasteiger partial charge on any atom is 0.410 e. The Morgan fingerprint density at radius 1 is 1.12 bits per heavy atom. The smallest absolute Gasteiger partial charge is 0.410 e. The number of hydrogen-bond donors (Lipinski definition) is 0. The quantitative estimate of drug-likeness (QED) is 0.616. The van der Waals surface area contributed by atoms with Gasteiger partial charge in [0.2, 0.25) is 0 Å². The van der Waals surface area contributed by atoms with E-state index in [4.69, 9.17) is 4.74 Å². The van der Waals surface area contributed by atoms with Crippen molar-refractivity contribution in [3.05, 3.63) is 54.1 Å². The van der Waals surface area contributed by atoms with Crippen LogP contribution in [0.25, 0.3) is 10.9 Å². The van der Waals surface area contributed by atoms with E-state index in [1.807, 2.05) is 24.1 Å². The molecule has 1 spiro atoms. The summed E-state index contributed by atoms with van der Waals surface area (Å²) in [5.41, 5.74) is 2.19. The molecule has 5 heterocycles. The number of para-hydroxylation sites is 1. The van der Waals surface area contributed by atoms with Crippen molar-refractivity contribution in [1.82, 2.24) is 24.3 Å². The lowest BCUT2D eigenvalue weighted by Gasteiger charge is -2.45. The molecule has 0 radical (unpaired) electrons. The number of piperidine rings is 1. The second-order valence-corrected chi connectivity index (χ2v) is 9.61. The van der Waals surface area contributed by atoms with Crippen LogP contribution in [0.2, 0.25) is 0 Å². The molecule has 1 amide bonds. The molecule has 2 aromatic heterocycles. The van der Waals surface area contributed by atoms with Crippen molar-refractivity contribution < 1.29 is 9.53 Å². The van der Waals surface area contributed by atoms with Crippen molar-refractivity contribution in [2.75, 3.05) is 37.6 Å². The van der Waals surface area contributed by atoms with Gasteiger partial charge in [-0.15, -0.1) is 0 Å². The molecular weight excluding hydrogens is 416 g/mol. The summed E-state index contributed by atoms with van der Waals surface area (Å²) in [6, 6.07) is 10.6. The summed E-state index contributed by atoms with van der Waals surface area (Å²) in [7, 11) is 2.11. The van der Waals surface area contributed by atoms with Gasteiger partial charge >= 0.3 is 6.09 Å². The fourth-order valence-electron chi connectivity index (χ4n) is 5.91. The lowest BCUT2D eigenvalue weighted by atomic mass is 9.83. The van der Waals surface area contributed by atoms with Crippen molar-refractivity contribution in [3.63, 3.8) is 0 Å². The highest BCUT2D eigenvalue weighted by atomic mass is 16.6. The molecular formula is C25H30N6O2. The Balaban J connectivity index is 1.19. The molecule has 3 aliphatic heterocycles. The molecule has 1 unspecified atom stereocenters. The summed E-state index contributed by atoms with van der Waals surface area (Å²) in [5.74, 6) is 1.74. The van der Waals surface area contributed by atoms with E-state index in [1.165, 1.54) is 16.5 Å². The zero-order chi connectivity index (χ0) is 22.6. The number of rotatable bonds is 3. The third kappa shape index (κ3) is 3.44. The highest BCUT2D eigenvalue weighted by molar-refractivity contribution is 5.83. The van der Waals surface area contributed by atoms with E-state index in [0.717, 1.165) is 63.8 Å². The van der Waals surface area contributed by atoms with E-state index in [1.54, 1.807) is 0 Å². The average molecular weight is 447 g/mol. The fourth-order valence-corrected chi connectivity index (χ4v) is 5.91. The lowest BCUT2D eigenvalue weighted by Crippen LogP contribution is -2.60. The standard InChI is InChI=1S/C25H30N6O2/c1-18-26-10-7-23(27-18)30-11-8-25(9-12-30)22-17-29(13-14-31(22)24(32)33-25)16-19-15-28(2)21-6-4-3-5-20(19)21/h3-7,10,15,22H,8-9,11-14,16-17H2,1-2H3. The first-order chi connectivity index (χ1) is 16.0. The van der Waals surface area contributed by atoms with Crippen molar-refractivity contribution in [3.8, 4) is 0 Å². The molecule has 33 heavy (non-hydrogen) atoms. The molecule has 3 fully saturated rings. The molecule has 8 heteroatoms. The maximum absolute atomic E-state index is 12.8. The molecule has 0 bridgehead atoms. The number of anilines is 1. The minimum atomic E-state index is -0.410. The van der Waals surface area contributed by atoms with Crippen LogP contribution in [-0.4, -0.2) is 74.8 Å². The molecule has 1 atom stereocenters. The van der Waals surface area contributed by atoms with E-state index in [9.17, 15) is 4.79 Å². The number of benzene rings is 1. The number of carbonyl (C=O) groups is 1. The molecule has 3 aliphatic rings. The molecule has 6 rings (SSSR count). The van der Waals surface area contributed by atoms with E-state index < -0.39 is 5.60 Å². The van der Waals surface area contributed by atoms with Crippen LogP contribution in [0.15, 0.2) is 42.7 Å². The number of piperazine rings is 1. The maximum atomic E-state index is 12.8. The third-order valence-electron chi connectivity index (χ3n) is 7.67. The van der Waals surface area contributed by atoms with Gasteiger partial charge in [-0.3, -0.25) is 9.80 Å². The highest BCUT2D eigenvalue weighted by Gasteiger charge is 2.56. The van der Waals surface area contributed by atoms with Gasteiger partial charge < -0.3 is 14.2 Å². The van der Waals surface area contributed by atoms with Crippen LogP contribution in [0.1, 0.15) is 24.2 Å². The average Bonchev–Trinajstić information content (AvgIpc) is 3.28. The molecule has 0 saturated carbocycles. The highest BCUT2D eigenvalue weighted by Crippen LogP contribution is 2.41. The molecule has 1 aromatic carbocycles. The van der Waals surface area contributed by atoms with Crippen molar-refractivity contribution in [2.45, 2.75) is 38.0 Å². The molecule has 3 saturated heterocycles. The minimum Gasteiger partial charge on any atom is -0.440 e. The van der Waals surface area contributed by atoms with Crippen LogP contribution in [0.4, 0.5) is 10.6 Å². The summed E-state index contributed by atoms with van der Waals surface area (Å²) < 4.78 is 8.32. The van der Waals surface area contributed by atoms with Crippen LogP contribution >= 0.6 is 0 Å². The van der Waals surface area contributed by atoms with Crippen LogP contribution in [0.3, 0.4) is 0 Å². The molecule has 3 aromatic rings. The van der Waals surface area contributed by atoms with Crippen molar-refractivity contribution in [1.29, 1.82) is 0 Å². The van der Waals surface area contributed by atoms with Gasteiger partial charge in [0.1, 0.15) is 17.2 Å². The topological polar surface area (TPSA) is 66.7 Å². The van der Waals surface area contributed by atoms with E-state index in [-0.39, 0.29) is 12.1 Å². The van der Waals surface area contributed by atoms with E-state index in [2.05, 4.69) is 61.8 Å². The number of amides is 1. The Labute approximate surface area is 193 Å². The first kappa shape index (κ1) is 20.5. The van der Waals surface area contributed by atoms with Crippen LogP contribution in [0, 0.1) is 6.92 Å². The third-order valence-corrected chi connectivity index (χ3v) is 7.67. The number of fused-ring (bicyclic) bond motifs is 3. The summed E-state index contributed by atoms with van der Waals surface area (Å²) >= 11 is 0. The van der Waals surface area contributed by atoms with Crippen LogP contribution in [-0.2, 0) is 18.3 Å². The lowest BCUT2D eigenvalue weighted by molar-refractivity contribution is -0.00628. The summed E-state index contributed by atoms with van der Waals surface area (Å²) in [6.07, 6.45) is 5.56. The molecule has 8 nitrogen and oxygen atoms in total. The Kier molecular flexibility index (Phi) is 4.79. The molecule has 172 valence electrons. The SMILES string of the molecule is Cc1nccc(N2CCC3(CC2)OC(=O)N2CCN(Cc4cn(C)c5ccccc45)CC23)n1. The number of aromatic nitrogens is 3. The van der Waals surface area contributed by atoms with Crippen molar-refractivity contribution >= 4 is 22.8 Å². The predicted octanol–water partition coefficient (Wildman–Crippen LogP) is 2.95. The summed E-state index contributed by atoms with van der Waals surface area (Å²) in [6.45, 7) is 6.92. The van der Waals surface area contributed by atoms with E-state index in [0.29, 0.717) is 0 Å². The van der Waals surface area contributed by atoms with E-state index >= 15 is 0 Å². The number of aryl methyl sites for hydroxylation is 2. The Morgan fingerprint density at radius 3 is 2.76 bits per heavy atom. The van der Waals surface area contributed by atoms with Gasteiger partial charge in [0, 0.05) is 82.5 Å². The van der Waals surface area contributed by atoms with Gasteiger partial charge in [-0.25, -0.2) is 14.8 Å². The van der Waals surface area contributed by atoms with Gasteiger partial charge in [-0.05, 0) is 24.6 Å². The summed E-state index contributed by atoms with van der Waals surface area (Å²) in [4.78, 5) is 28.3. The Hall–Kier alpha value is -3.13. The fraction of sp³-hybridized carbons (Fsp3) is 0.480. The Bertz CT molecular complexity index is 1200. The second kappa shape index (κ2) is 7.73.